The summed E-state index contributed by atoms with van der Waals surface area (Å²) in [6.45, 7) is 0.431. The van der Waals surface area contributed by atoms with Crippen molar-refractivity contribution in [1.82, 2.24) is 10.9 Å². The first kappa shape index (κ1) is 15.1. The highest BCUT2D eigenvalue weighted by molar-refractivity contribution is 5.75. The molecule has 106 valence electrons. The van der Waals surface area contributed by atoms with Gasteiger partial charge in [-0.2, -0.15) is 0 Å². The van der Waals surface area contributed by atoms with Crippen LogP contribution in [0, 0.1) is 0 Å². The van der Waals surface area contributed by atoms with Crippen LogP contribution in [0.2, 0.25) is 0 Å². The van der Waals surface area contributed by atoms with Gasteiger partial charge in [0.15, 0.2) is 11.5 Å². The van der Waals surface area contributed by atoms with E-state index in [2.05, 4.69) is 10.9 Å². The van der Waals surface area contributed by atoms with Gasteiger partial charge in [-0.25, -0.2) is 5.43 Å². The molecule has 0 saturated carbocycles. The Balaban J connectivity index is 2.47. The molecule has 1 aromatic carbocycles. The minimum Gasteiger partial charge on any atom is -0.493 e. The predicted molar refractivity (Wildman–Crippen MR) is 71.5 cm³/mol. The van der Waals surface area contributed by atoms with Crippen LogP contribution in [0.3, 0.4) is 0 Å². The van der Waals surface area contributed by atoms with Crippen LogP contribution in [-0.2, 0) is 4.79 Å². The summed E-state index contributed by atoms with van der Waals surface area (Å²) in [6, 6.07) is 5.42. The molecular weight excluding hydrogens is 248 g/mol. The molecule has 0 aliphatic carbocycles. The maximum absolute atomic E-state index is 11.2. The minimum atomic E-state index is -0.0660. The van der Waals surface area contributed by atoms with Crippen molar-refractivity contribution in [2.24, 2.45) is 0 Å². The first-order valence-corrected chi connectivity index (χ1v) is 6.02. The zero-order valence-electron chi connectivity index (χ0n) is 11.5. The third kappa shape index (κ3) is 4.67. The van der Waals surface area contributed by atoms with Crippen molar-refractivity contribution in [3.63, 3.8) is 0 Å². The van der Waals surface area contributed by atoms with Gasteiger partial charge in [0.2, 0.25) is 11.7 Å². The SMILES string of the molecule is CNNC(=O)CCCOc1cccc(OC)c1OC. The lowest BCUT2D eigenvalue weighted by atomic mass is 10.3. The first-order valence-electron chi connectivity index (χ1n) is 6.02. The molecule has 0 atom stereocenters. The van der Waals surface area contributed by atoms with E-state index in [-0.39, 0.29) is 5.91 Å². The zero-order valence-corrected chi connectivity index (χ0v) is 11.5. The second kappa shape index (κ2) is 8.20. The Hall–Kier alpha value is -1.95. The Morgan fingerprint density at radius 2 is 1.95 bits per heavy atom. The average molecular weight is 268 g/mol. The molecule has 19 heavy (non-hydrogen) atoms. The van der Waals surface area contributed by atoms with Crippen molar-refractivity contribution in [3.05, 3.63) is 18.2 Å². The highest BCUT2D eigenvalue weighted by atomic mass is 16.5. The van der Waals surface area contributed by atoms with Crippen molar-refractivity contribution in [1.29, 1.82) is 0 Å². The second-order valence-electron chi connectivity index (χ2n) is 3.74. The van der Waals surface area contributed by atoms with Gasteiger partial charge in [0.25, 0.3) is 0 Å². The van der Waals surface area contributed by atoms with Crippen molar-refractivity contribution in [2.75, 3.05) is 27.9 Å². The molecule has 0 fully saturated rings. The van der Waals surface area contributed by atoms with Crippen LogP contribution in [0.25, 0.3) is 0 Å². The Morgan fingerprint density at radius 1 is 1.21 bits per heavy atom. The van der Waals surface area contributed by atoms with E-state index >= 15 is 0 Å². The third-order valence-corrected chi connectivity index (χ3v) is 2.44. The summed E-state index contributed by atoms with van der Waals surface area (Å²) in [5, 5.41) is 0. The normalized spacial score (nSPS) is 9.84. The number of nitrogens with one attached hydrogen (secondary N) is 2. The largest absolute Gasteiger partial charge is 0.493 e. The van der Waals surface area contributed by atoms with E-state index in [1.807, 2.05) is 6.07 Å². The fraction of sp³-hybridized carbons (Fsp3) is 0.462. The lowest BCUT2D eigenvalue weighted by Crippen LogP contribution is -2.34. The molecule has 0 bridgehead atoms. The molecule has 0 spiro atoms. The number of hydrogen-bond donors (Lipinski definition) is 2. The van der Waals surface area contributed by atoms with E-state index in [4.69, 9.17) is 14.2 Å². The maximum Gasteiger partial charge on any atom is 0.234 e. The van der Waals surface area contributed by atoms with Gasteiger partial charge in [0.1, 0.15) is 0 Å². The van der Waals surface area contributed by atoms with Gasteiger partial charge in [-0.3, -0.25) is 10.2 Å². The summed E-state index contributed by atoms with van der Waals surface area (Å²) in [4.78, 5) is 11.2. The predicted octanol–water partition coefficient (Wildman–Crippen LogP) is 1.11. The average Bonchev–Trinajstić information content (AvgIpc) is 2.43. The van der Waals surface area contributed by atoms with E-state index in [9.17, 15) is 4.79 Å². The molecule has 0 aromatic heterocycles. The highest BCUT2D eigenvalue weighted by Gasteiger charge is 2.10. The number of para-hydroxylation sites is 1. The molecule has 0 heterocycles. The Kier molecular flexibility index (Phi) is 6.52. The van der Waals surface area contributed by atoms with Crippen LogP contribution in [0.5, 0.6) is 17.2 Å². The van der Waals surface area contributed by atoms with Gasteiger partial charge in [-0.15, -0.1) is 0 Å². The number of methoxy groups -OCH3 is 2. The number of amides is 1. The lowest BCUT2D eigenvalue weighted by Gasteiger charge is -2.13. The van der Waals surface area contributed by atoms with Gasteiger partial charge in [0.05, 0.1) is 20.8 Å². The number of carbonyl (C=O) groups excluding carboxylic acids is 1. The molecule has 1 aromatic rings. The van der Waals surface area contributed by atoms with Gasteiger partial charge in [0, 0.05) is 13.5 Å². The molecule has 0 saturated heterocycles. The summed E-state index contributed by atoms with van der Waals surface area (Å²) in [5.74, 6) is 1.72. The van der Waals surface area contributed by atoms with E-state index in [1.54, 1.807) is 33.4 Å². The van der Waals surface area contributed by atoms with Crippen LogP contribution < -0.4 is 25.1 Å². The van der Waals surface area contributed by atoms with Crippen molar-refractivity contribution in [2.45, 2.75) is 12.8 Å². The number of hydrazine groups is 1. The molecule has 0 aliphatic rings. The van der Waals surface area contributed by atoms with Crippen LogP contribution in [0.4, 0.5) is 0 Å². The van der Waals surface area contributed by atoms with Gasteiger partial charge < -0.3 is 14.2 Å². The van der Waals surface area contributed by atoms with E-state index in [1.165, 1.54) is 0 Å². The summed E-state index contributed by atoms with van der Waals surface area (Å²) < 4.78 is 16.0. The molecule has 0 aliphatic heterocycles. The van der Waals surface area contributed by atoms with Gasteiger partial charge in [-0.1, -0.05) is 6.07 Å². The summed E-state index contributed by atoms with van der Waals surface area (Å²) in [5.41, 5.74) is 5.08. The van der Waals surface area contributed by atoms with Crippen LogP contribution in [-0.4, -0.2) is 33.8 Å². The minimum absolute atomic E-state index is 0.0660. The Bertz CT molecular complexity index is 410. The van der Waals surface area contributed by atoms with Crippen LogP contribution in [0.1, 0.15) is 12.8 Å². The number of rotatable bonds is 8. The third-order valence-electron chi connectivity index (χ3n) is 2.44. The maximum atomic E-state index is 11.2. The number of carbonyl (C=O) groups is 1. The van der Waals surface area contributed by atoms with E-state index < -0.39 is 0 Å². The molecule has 1 amide bonds. The molecule has 2 N–H and O–H groups in total. The monoisotopic (exact) mass is 268 g/mol. The lowest BCUT2D eigenvalue weighted by molar-refractivity contribution is -0.122. The summed E-state index contributed by atoms with van der Waals surface area (Å²) in [6.07, 6.45) is 1.01. The van der Waals surface area contributed by atoms with E-state index in [0.717, 1.165) is 0 Å². The zero-order chi connectivity index (χ0) is 14.1. The van der Waals surface area contributed by atoms with Crippen molar-refractivity contribution >= 4 is 5.91 Å². The number of ether oxygens (including phenoxy) is 3. The fourth-order valence-electron chi connectivity index (χ4n) is 1.59. The van der Waals surface area contributed by atoms with Gasteiger partial charge in [-0.05, 0) is 18.6 Å². The molecule has 6 nitrogen and oxygen atoms in total. The quantitative estimate of drug-likeness (QED) is 0.546. The highest BCUT2D eigenvalue weighted by Crippen LogP contribution is 2.36. The van der Waals surface area contributed by atoms with Crippen molar-refractivity contribution in [3.8, 4) is 17.2 Å². The Labute approximate surface area is 113 Å². The van der Waals surface area contributed by atoms with Crippen LogP contribution in [0.15, 0.2) is 18.2 Å². The van der Waals surface area contributed by atoms with Gasteiger partial charge >= 0.3 is 0 Å². The standard InChI is InChI=1S/C13H20N2O4/c1-14-15-12(16)8-5-9-19-11-7-4-6-10(17-2)13(11)18-3/h4,6-7,14H,5,8-9H2,1-3H3,(H,15,16). The summed E-state index contributed by atoms with van der Waals surface area (Å²) in [7, 11) is 4.78. The Morgan fingerprint density at radius 3 is 2.58 bits per heavy atom. The topological polar surface area (TPSA) is 68.8 Å². The van der Waals surface area contributed by atoms with Crippen molar-refractivity contribution < 1.29 is 19.0 Å². The molecule has 1 rings (SSSR count). The molecule has 0 radical (unpaired) electrons. The fourth-order valence-corrected chi connectivity index (χ4v) is 1.59. The molecule has 6 heteroatoms. The molecule has 0 unspecified atom stereocenters. The second-order valence-corrected chi connectivity index (χ2v) is 3.74. The number of hydrogen-bond acceptors (Lipinski definition) is 5. The van der Waals surface area contributed by atoms with E-state index in [0.29, 0.717) is 36.7 Å². The molecular formula is C13H20N2O4. The summed E-state index contributed by atoms with van der Waals surface area (Å²) >= 11 is 0. The van der Waals surface area contributed by atoms with Crippen LogP contribution >= 0.6 is 0 Å². The number of benzene rings is 1. The first-order chi connectivity index (χ1) is 9.22. The smallest absolute Gasteiger partial charge is 0.234 e.